The number of hydrazine groups is 1. The highest BCUT2D eigenvalue weighted by Gasteiger charge is 2.28. The third-order valence-electron chi connectivity index (χ3n) is 1.47. The maximum absolute atomic E-state index is 10.3. The summed E-state index contributed by atoms with van der Waals surface area (Å²) in [4.78, 5) is 10.3. The molecule has 5 heteroatoms. The summed E-state index contributed by atoms with van der Waals surface area (Å²) in [5.74, 6) is -1.03. The van der Waals surface area contributed by atoms with Gasteiger partial charge in [0.1, 0.15) is 6.04 Å². The van der Waals surface area contributed by atoms with Gasteiger partial charge in [0.05, 0.1) is 6.10 Å². The molecule has 0 aliphatic carbocycles. The normalized spacial score (nSPS) is 33.7. The van der Waals surface area contributed by atoms with E-state index in [2.05, 4.69) is 10.9 Å². The molecule has 10 heavy (non-hydrogen) atoms. The van der Waals surface area contributed by atoms with Crippen molar-refractivity contribution in [3.8, 4) is 0 Å². The minimum absolute atomic E-state index is 0.476. The highest BCUT2D eigenvalue weighted by molar-refractivity contribution is 5.74. The Hall–Kier alpha value is -0.650. The van der Waals surface area contributed by atoms with E-state index in [0.29, 0.717) is 13.0 Å². The van der Waals surface area contributed by atoms with E-state index in [4.69, 9.17) is 10.2 Å². The second-order valence-corrected chi connectivity index (χ2v) is 2.24. The van der Waals surface area contributed by atoms with Crippen LogP contribution in [-0.4, -0.2) is 34.9 Å². The summed E-state index contributed by atoms with van der Waals surface area (Å²) in [5, 5.41) is 17.5. The maximum Gasteiger partial charge on any atom is 0.324 e. The third-order valence-corrected chi connectivity index (χ3v) is 1.47. The van der Waals surface area contributed by atoms with Gasteiger partial charge in [0.2, 0.25) is 0 Å². The Labute approximate surface area is 58.0 Å². The molecule has 1 aliphatic heterocycles. The van der Waals surface area contributed by atoms with Crippen LogP contribution in [0.5, 0.6) is 0 Å². The highest BCUT2D eigenvalue weighted by Crippen LogP contribution is 2.01. The van der Waals surface area contributed by atoms with Crippen LogP contribution < -0.4 is 10.9 Å². The lowest BCUT2D eigenvalue weighted by Gasteiger charge is -2.25. The van der Waals surface area contributed by atoms with Crippen LogP contribution in [0.1, 0.15) is 6.42 Å². The molecule has 0 aromatic heterocycles. The molecule has 1 rings (SSSR count). The number of carbonyl (C=O) groups is 1. The topological polar surface area (TPSA) is 81.6 Å². The van der Waals surface area contributed by atoms with Gasteiger partial charge in [0.15, 0.2) is 0 Å². The van der Waals surface area contributed by atoms with Crippen molar-refractivity contribution < 1.29 is 15.0 Å². The van der Waals surface area contributed by atoms with Crippen molar-refractivity contribution in [2.24, 2.45) is 0 Å². The first-order valence-electron chi connectivity index (χ1n) is 3.11. The van der Waals surface area contributed by atoms with E-state index in [0.717, 1.165) is 0 Å². The lowest BCUT2D eigenvalue weighted by Crippen LogP contribution is -2.57. The summed E-state index contributed by atoms with van der Waals surface area (Å²) in [6.07, 6.45) is -0.303. The number of carboxylic acids is 1. The van der Waals surface area contributed by atoms with Crippen LogP contribution in [0.2, 0.25) is 0 Å². The molecule has 4 N–H and O–H groups in total. The Morgan fingerprint density at radius 3 is 2.70 bits per heavy atom. The molecule has 2 unspecified atom stereocenters. The van der Waals surface area contributed by atoms with Gasteiger partial charge in [-0.3, -0.25) is 10.2 Å². The van der Waals surface area contributed by atoms with E-state index in [-0.39, 0.29) is 0 Å². The van der Waals surface area contributed by atoms with Gasteiger partial charge in [-0.1, -0.05) is 0 Å². The van der Waals surface area contributed by atoms with Gasteiger partial charge >= 0.3 is 5.97 Å². The summed E-state index contributed by atoms with van der Waals surface area (Å²) in [5.41, 5.74) is 5.12. The molecule has 1 saturated heterocycles. The first-order valence-corrected chi connectivity index (χ1v) is 3.11. The van der Waals surface area contributed by atoms with Gasteiger partial charge in [0.25, 0.3) is 0 Å². The highest BCUT2D eigenvalue weighted by atomic mass is 16.4. The molecule has 0 spiro atoms. The first-order chi connectivity index (χ1) is 4.72. The zero-order chi connectivity index (χ0) is 7.56. The van der Waals surface area contributed by atoms with Crippen LogP contribution >= 0.6 is 0 Å². The molecule has 0 amide bonds. The van der Waals surface area contributed by atoms with Crippen molar-refractivity contribution in [3.63, 3.8) is 0 Å². The molecular formula is C5H10N2O3. The average Bonchev–Trinajstić information content (AvgIpc) is 1.88. The number of hydrogen-bond donors (Lipinski definition) is 4. The predicted molar refractivity (Wildman–Crippen MR) is 33.2 cm³/mol. The Bertz CT molecular complexity index is 139. The molecule has 0 bridgehead atoms. The molecular weight excluding hydrogens is 136 g/mol. The van der Waals surface area contributed by atoms with Crippen molar-refractivity contribution >= 4 is 5.97 Å². The van der Waals surface area contributed by atoms with Crippen LogP contribution in [0.25, 0.3) is 0 Å². The van der Waals surface area contributed by atoms with E-state index < -0.39 is 18.1 Å². The maximum atomic E-state index is 10.3. The quantitative estimate of drug-likeness (QED) is 0.354. The standard InChI is InChI=1S/C5H10N2O3/c8-3-1-2-6-7-4(3)5(9)10/h3-4,6-8H,1-2H2,(H,9,10). The fraction of sp³-hybridized carbons (Fsp3) is 0.800. The number of carboxylic acid groups (broad SMARTS) is 1. The number of aliphatic carboxylic acids is 1. The molecule has 5 nitrogen and oxygen atoms in total. The SMILES string of the molecule is O=C(O)C1NNCCC1O. The number of nitrogens with one attached hydrogen (secondary N) is 2. The van der Waals surface area contributed by atoms with Gasteiger partial charge in [-0.05, 0) is 6.42 Å². The van der Waals surface area contributed by atoms with Crippen molar-refractivity contribution in [2.75, 3.05) is 6.54 Å². The van der Waals surface area contributed by atoms with Crippen LogP contribution in [0.3, 0.4) is 0 Å². The zero-order valence-corrected chi connectivity index (χ0v) is 5.37. The summed E-state index contributed by atoms with van der Waals surface area (Å²) < 4.78 is 0. The van der Waals surface area contributed by atoms with E-state index in [1.807, 2.05) is 0 Å². The number of aliphatic hydroxyl groups is 1. The second-order valence-electron chi connectivity index (χ2n) is 2.24. The summed E-state index contributed by atoms with van der Waals surface area (Å²) in [7, 11) is 0. The predicted octanol–water partition coefficient (Wildman–Crippen LogP) is -1.70. The first kappa shape index (κ1) is 7.46. The zero-order valence-electron chi connectivity index (χ0n) is 5.37. The van der Waals surface area contributed by atoms with Gasteiger partial charge in [-0.25, -0.2) is 5.43 Å². The number of hydrogen-bond acceptors (Lipinski definition) is 4. The molecule has 1 heterocycles. The minimum atomic E-state index is -1.03. The van der Waals surface area contributed by atoms with Gasteiger partial charge in [-0.2, -0.15) is 0 Å². The average molecular weight is 146 g/mol. The molecule has 1 aliphatic rings. The van der Waals surface area contributed by atoms with Crippen LogP contribution in [0.4, 0.5) is 0 Å². The lowest BCUT2D eigenvalue weighted by molar-refractivity contribution is -0.144. The Balaban J connectivity index is 2.47. The summed E-state index contributed by atoms with van der Waals surface area (Å²) in [6.45, 7) is 0.602. The monoisotopic (exact) mass is 146 g/mol. The third kappa shape index (κ3) is 1.44. The fourth-order valence-corrected chi connectivity index (χ4v) is 0.891. The molecule has 0 saturated carbocycles. The lowest BCUT2D eigenvalue weighted by atomic mass is 10.1. The van der Waals surface area contributed by atoms with Gasteiger partial charge < -0.3 is 10.2 Å². The van der Waals surface area contributed by atoms with Crippen molar-refractivity contribution in [1.82, 2.24) is 10.9 Å². The molecule has 1 fully saturated rings. The minimum Gasteiger partial charge on any atom is -0.480 e. The molecule has 0 aromatic rings. The van der Waals surface area contributed by atoms with Crippen molar-refractivity contribution in [2.45, 2.75) is 18.6 Å². The molecule has 0 radical (unpaired) electrons. The van der Waals surface area contributed by atoms with Gasteiger partial charge in [0, 0.05) is 6.54 Å². The molecule has 2 atom stereocenters. The number of aliphatic hydroxyl groups excluding tert-OH is 1. The van der Waals surface area contributed by atoms with Gasteiger partial charge in [-0.15, -0.1) is 0 Å². The number of rotatable bonds is 1. The Kier molecular flexibility index (Phi) is 2.21. The van der Waals surface area contributed by atoms with E-state index in [1.165, 1.54) is 0 Å². The summed E-state index contributed by atoms with van der Waals surface area (Å²) in [6, 6.07) is -0.867. The van der Waals surface area contributed by atoms with Crippen LogP contribution in [-0.2, 0) is 4.79 Å². The van der Waals surface area contributed by atoms with E-state index in [1.54, 1.807) is 0 Å². The Morgan fingerprint density at radius 2 is 2.30 bits per heavy atom. The molecule has 0 aromatic carbocycles. The van der Waals surface area contributed by atoms with Crippen LogP contribution in [0.15, 0.2) is 0 Å². The fourth-order valence-electron chi connectivity index (χ4n) is 0.891. The largest absolute Gasteiger partial charge is 0.480 e. The van der Waals surface area contributed by atoms with E-state index in [9.17, 15) is 4.79 Å². The summed E-state index contributed by atoms with van der Waals surface area (Å²) >= 11 is 0. The molecule has 58 valence electrons. The van der Waals surface area contributed by atoms with Crippen LogP contribution in [0, 0.1) is 0 Å². The van der Waals surface area contributed by atoms with E-state index >= 15 is 0 Å². The second kappa shape index (κ2) is 2.96. The Morgan fingerprint density at radius 1 is 1.60 bits per heavy atom. The van der Waals surface area contributed by atoms with Crippen molar-refractivity contribution in [3.05, 3.63) is 0 Å². The smallest absolute Gasteiger partial charge is 0.324 e. The van der Waals surface area contributed by atoms with Crippen molar-refractivity contribution in [1.29, 1.82) is 0 Å².